The summed E-state index contributed by atoms with van der Waals surface area (Å²) in [6.45, 7) is 2.78. The van der Waals surface area contributed by atoms with Gasteiger partial charge in [0.15, 0.2) is 0 Å². The van der Waals surface area contributed by atoms with Crippen LogP contribution in [-0.4, -0.2) is 17.4 Å². The number of allylic oxidation sites excluding steroid dienone is 1. The maximum absolute atomic E-state index is 12.3. The van der Waals surface area contributed by atoms with Gasteiger partial charge in [0.25, 0.3) is 5.91 Å². The van der Waals surface area contributed by atoms with Gasteiger partial charge in [0.1, 0.15) is 0 Å². The maximum atomic E-state index is 12.3. The Balaban J connectivity index is 1.54. The molecule has 1 amide bonds. The molecular formula is C22H24N2O. The number of para-hydroxylation sites is 1. The van der Waals surface area contributed by atoms with Gasteiger partial charge in [-0.1, -0.05) is 55.8 Å². The predicted octanol–water partition coefficient (Wildman–Crippen LogP) is 4.95. The lowest BCUT2D eigenvalue weighted by atomic mass is 10.1. The van der Waals surface area contributed by atoms with Crippen molar-refractivity contribution >= 4 is 22.9 Å². The van der Waals surface area contributed by atoms with Crippen LogP contribution in [0.4, 0.5) is 0 Å². The van der Waals surface area contributed by atoms with E-state index in [2.05, 4.69) is 41.5 Å². The molecule has 0 aliphatic carbocycles. The number of amides is 1. The smallest absolute Gasteiger partial charge is 0.251 e. The number of hydrogen-bond acceptors (Lipinski definition) is 1. The van der Waals surface area contributed by atoms with Gasteiger partial charge in [-0.3, -0.25) is 4.79 Å². The van der Waals surface area contributed by atoms with Crippen molar-refractivity contribution in [3.63, 3.8) is 0 Å². The van der Waals surface area contributed by atoms with Gasteiger partial charge in [0, 0.05) is 29.2 Å². The molecule has 0 atom stereocenters. The van der Waals surface area contributed by atoms with Gasteiger partial charge >= 0.3 is 0 Å². The first kappa shape index (κ1) is 17.0. The monoisotopic (exact) mass is 332 g/mol. The molecule has 0 saturated heterocycles. The average molecular weight is 332 g/mol. The Morgan fingerprint density at radius 1 is 1.12 bits per heavy atom. The van der Waals surface area contributed by atoms with E-state index >= 15 is 0 Å². The summed E-state index contributed by atoms with van der Waals surface area (Å²) in [5, 5.41) is 4.23. The lowest BCUT2D eigenvalue weighted by Crippen LogP contribution is -2.25. The van der Waals surface area contributed by atoms with Gasteiger partial charge in [0.2, 0.25) is 0 Å². The molecule has 1 heterocycles. The number of carbonyl (C=O) groups excluding carboxylic acids is 1. The van der Waals surface area contributed by atoms with E-state index in [1.807, 2.05) is 42.6 Å². The molecule has 2 N–H and O–H groups in total. The van der Waals surface area contributed by atoms with Crippen molar-refractivity contribution in [2.24, 2.45) is 0 Å². The van der Waals surface area contributed by atoms with Crippen molar-refractivity contribution in [1.29, 1.82) is 0 Å². The van der Waals surface area contributed by atoms with Crippen LogP contribution in [0.3, 0.4) is 0 Å². The van der Waals surface area contributed by atoms with Crippen molar-refractivity contribution in [3.8, 4) is 0 Å². The Bertz CT molecular complexity index is 859. The zero-order valence-electron chi connectivity index (χ0n) is 14.6. The van der Waals surface area contributed by atoms with Crippen LogP contribution in [0.1, 0.15) is 41.3 Å². The van der Waals surface area contributed by atoms with E-state index in [0.717, 1.165) is 30.3 Å². The second kappa shape index (κ2) is 8.34. The fourth-order valence-corrected chi connectivity index (χ4v) is 2.88. The largest absolute Gasteiger partial charge is 0.361 e. The lowest BCUT2D eigenvalue weighted by molar-refractivity contribution is 0.0954. The van der Waals surface area contributed by atoms with Crippen LogP contribution in [0.25, 0.3) is 17.0 Å². The Morgan fingerprint density at radius 2 is 1.92 bits per heavy atom. The second-order valence-corrected chi connectivity index (χ2v) is 6.18. The quantitative estimate of drug-likeness (QED) is 0.631. The van der Waals surface area contributed by atoms with Crippen molar-refractivity contribution in [3.05, 3.63) is 77.5 Å². The predicted molar refractivity (Wildman–Crippen MR) is 105 cm³/mol. The highest BCUT2D eigenvalue weighted by atomic mass is 16.1. The summed E-state index contributed by atoms with van der Waals surface area (Å²) in [5.74, 6) is -0.0241. The van der Waals surface area contributed by atoms with E-state index in [0.29, 0.717) is 12.1 Å². The van der Waals surface area contributed by atoms with Crippen molar-refractivity contribution in [2.45, 2.75) is 26.2 Å². The van der Waals surface area contributed by atoms with E-state index in [1.165, 1.54) is 10.9 Å². The first-order chi connectivity index (χ1) is 12.3. The standard InChI is InChI=1S/C22H24N2O/c1-2-3-4-7-17-10-12-18(13-11-17)22(25)23-15-14-19-16-24-21-9-6-5-8-20(19)21/h4-13,16,24H,2-3,14-15H2,1H3,(H,23,25)/b7-4+. The van der Waals surface area contributed by atoms with Crippen molar-refractivity contribution in [1.82, 2.24) is 10.3 Å². The third-order valence-corrected chi connectivity index (χ3v) is 4.29. The van der Waals surface area contributed by atoms with E-state index in [9.17, 15) is 4.79 Å². The topological polar surface area (TPSA) is 44.9 Å². The van der Waals surface area contributed by atoms with Crippen LogP contribution in [-0.2, 0) is 6.42 Å². The molecule has 0 unspecified atom stereocenters. The minimum atomic E-state index is -0.0241. The summed E-state index contributed by atoms with van der Waals surface area (Å²) in [6.07, 6.45) is 9.32. The molecule has 0 fully saturated rings. The van der Waals surface area contributed by atoms with E-state index in [4.69, 9.17) is 0 Å². The number of H-pyrrole nitrogens is 1. The molecule has 25 heavy (non-hydrogen) atoms. The summed E-state index contributed by atoms with van der Waals surface area (Å²) in [4.78, 5) is 15.5. The lowest BCUT2D eigenvalue weighted by Gasteiger charge is -2.05. The van der Waals surface area contributed by atoms with Crippen molar-refractivity contribution in [2.75, 3.05) is 6.54 Å². The zero-order chi connectivity index (χ0) is 17.5. The Kier molecular flexibility index (Phi) is 5.68. The molecule has 0 bridgehead atoms. The minimum Gasteiger partial charge on any atom is -0.361 e. The van der Waals surface area contributed by atoms with Crippen LogP contribution < -0.4 is 5.32 Å². The van der Waals surface area contributed by atoms with Crippen LogP contribution in [0, 0.1) is 0 Å². The van der Waals surface area contributed by atoms with Gasteiger partial charge < -0.3 is 10.3 Å². The summed E-state index contributed by atoms with van der Waals surface area (Å²) < 4.78 is 0. The Labute approximate surface area is 148 Å². The normalized spacial score (nSPS) is 11.2. The number of rotatable bonds is 7. The zero-order valence-corrected chi connectivity index (χ0v) is 14.6. The fourth-order valence-electron chi connectivity index (χ4n) is 2.88. The number of aromatic nitrogens is 1. The van der Waals surface area contributed by atoms with Crippen LogP contribution in [0.5, 0.6) is 0 Å². The molecule has 3 rings (SSSR count). The molecule has 0 spiro atoms. The van der Waals surface area contributed by atoms with E-state index < -0.39 is 0 Å². The number of benzene rings is 2. The maximum Gasteiger partial charge on any atom is 0.251 e. The molecule has 3 aromatic rings. The molecule has 0 aliphatic heterocycles. The third kappa shape index (κ3) is 4.38. The Morgan fingerprint density at radius 3 is 2.72 bits per heavy atom. The summed E-state index contributed by atoms with van der Waals surface area (Å²) >= 11 is 0. The van der Waals surface area contributed by atoms with Gasteiger partial charge in [-0.2, -0.15) is 0 Å². The number of fused-ring (bicyclic) bond motifs is 1. The second-order valence-electron chi connectivity index (χ2n) is 6.18. The number of aromatic amines is 1. The van der Waals surface area contributed by atoms with Gasteiger partial charge in [-0.05, 0) is 42.2 Å². The summed E-state index contributed by atoms with van der Waals surface area (Å²) in [7, 11) is 0. The molecule has 128 valence electrons. The molecule has 0 aliphatic rings. The summed E-state index contributed by atoms with van der Waals surface area (Å²) in [6, 6.07) is 16.0. The molecule has 0 saturated carbocycles. The first-order valence-corrected chi connectivity index (χ1v) is 8.87. The highest BCUT2D eigenvalue weighted by molar-refractivity contribution is 5.94. The Hall–Kier alpha value is -2.81. The number of unbranched alkanes of at least 4 members (excludes halogenated alkanes) is 1. The van der Waals surface area contributed by atoms with Crippen LogP contribution >= 0.6 is 0 Å². The number of nitrogens with one attached hydrogen (secondary N) is 2. The fraction of sp³-hybridized carbons (Fsp3) is 0.227. The van der Waals surface area contributed by atoms with E-state index in [1.54, 1.807) is 0 Å². The number of hydrogen-bond donors (Lipinski definition) is 2. The van der Waals surface area contributed by atoms with Gasteiger partial charge in [-0.15, -0.1) is 0 Å². The molecule has 1 aromatic heterocycles. The number of carbonyl (C=O) groups is 1. The van der Waals surface area contributed by atoms with Crippen molar-refractivity contribution < 1.29 is 4.79 Å². The van der Waals surface area contributed by atoms with E-state index in [-0.39, 0.29) is 5.91 Å². The molecule has 0 radical (unpaired) electrons. The molecular weight excluding hydrogens is 308 g/mol. The third-order valence-electron chi connectivity index (χ3n) is 4.29. The molecule has 3 heteroatoms. The summed E-state index contributed by atoms with van der Waals surface area (Å²) in [5.41, 5.74) is 4.19. The van der Waals surface area contributed by atoms with Crippen LogP contribution in [0.15, 0.2) is 60.8 Å². The minimum absolute atomic E-state index is 0.0241. The molecule has 3 nitrogen and oxygen atoms in total. The molecule has 2 aromatic carbocycles. The highest BCUT2D eigenvalue weighted by Gasteiger charge is 2.06. The first-order valence-electron chi connectivity index (χ1n) is 8.87. The SMILES string of the molecule is CCC/C=C/c1ccc(C(=O)NCCc2c[nH]c3ccccc23)cc1. The van der Waals surface area contributed by atoms with Gasteiger partial charge in [-0.25, -0.2) is 0 Å². The van der Waals surface area contributed by atoms with Gasteiger partial charge in [0.05, 0.1) is 0 Å². The average Bonchev–Trinajstić information content (AvgIpc) is 3.06. The highest BCUT2D eigenvalue weighted by Crippen LogP contribution is 2.17. The van der Waals surface area contributed by atoms with Crippen LogP contribution in [0.2, 0.25) is 0 Å².